The third kappa shape index (κ3) is 3.04. The van der Waals surface area contributed by atoms with Crippen molar-refractivity contribution < 1.29 is 14.3 Å². The number of nitrogens with zero attached hydrogens (tertiary/aromatic N) is 1. The van der Waals surface area contributed by atoms with Gasteiger partial charge < -0.3 is 20.1 Å². The van der Waals surface area contributed by atoms with E-state index in [9.17, 15) is 4.79 Å². The van der Waals surface area contributed by atoms with E-state index >= 15 is 0 Å². The second kappa shape index (κ2) is 6.61. The van der Waals surface area contributed by atoms with Gasteiger partial charge in [-0.25, -0.2) is 0 Å². The van der Waals surface area contributed by atoms with Gasteiger partial charge in [0.1, 0.15) is 0 Å². The third-order valence-corrected chi connectivity index (χ3v) is 3.63. The highest BCUT2D eigenvalue weighted by molar-refractivity contribution is 5.79. The number of amides is 1. The molecular weight excluding hydrogens is 256 g/mol. The average Bonchev–Trinajstić information content (AvgIpc) is 2.93. The van der Waals surface area contributed by atoms with Gasteiger partial charge in [-0.2, -0.15) is 0 Å². The minimum Gasteiger partial charge on any atom is -0.454 e. The van der Waals surface area contributed by atoms with Crippen LogP contribution in [-0.4, -0.2) is 37.2 Å². The molecule has 0 bridgehead atoms. The Morgan fingerprint density at radius 3 is 2.65 bits per heavy atom. The van der Waals surface area contributed by atoms with Crippen molar-refractivity contribution in [2.45, 2.75) is 20.3 Å². The number of carbonyl (C=O) groups is 1. The molecule has 0 radical (unpaired) electrons. The van der Waals surface area contributed by atoms with Gasteiger partial charge in [-0.1, -0.05) is 6.07 Å². The van der Waals surface area contributed by atoms with Crippen molar-refractivity contribution in [1.82, 2.24) is 4.90 Å². The van der Waals surface area contributed by atoms with Crippen LogP contribution in [0.2, 0.25) is 0 Å². The second-order valence-corrected chi connectivity index (χ2v) is 4.83. The summed E-state index contributed by atoms with van der Waals surface area (Å²) in [7, 11) is 0. The molecule has 20 heavy (non-hydrogen) atoms. The molecule has 1 heterocycles. The van der Waals surface area contributed by atoms with Crippen molar-refractivity contribution >= 4 is 5.91 Å². The first kappa shape index (κ1) is 14.7. The number of carbonyl (C=O) groups excluding carboxylic acids is 1. The van der Waals surface area contributed by atoms with Crippen molar-refractivity contribution in [3.8, 4) is 11.5 Å². The molecule has 1 atom stereocenters. The van der Waals surface area contributed by atoms with Gasteiger partial charge >= 0.3 is 0 Å². The van der Waals surface area contributed by atoms with Gasteiger partial charge in [0.05, 0.1) is 5.92 Å². The van der Waals surface area contributed by atoms with E-state index in [1.54, 1.807) is 0 Å². The Kier molecular flexibility index (Phi) is 4.84. The van der Waals surface area contributed by atoms with Gasteiger partial charge in [0.25, 0.3) is 0 Å². The monoisotopic (exact) mass is 278 g/mol. The maximum atomic E-state index is 12.4. The van der Waals surface area contributed by atoms with Crippen LogP contribution in [0, 0.1) is 5.92 Å². The van der Waals surface area contributed by atoms with Gasteiger partial charge in [-0.15, -0.1) is 0 Å². The lowest BCUT2D eigenvalue weighted by molar-refractivity contribution is -0.134. The summed E-state index contributed by atoms with van der Waals surface area (Å²) in [5.74, 6) is 1.44. The number of hydrogen-bond acceptors (Lipinski definition) is 4. The van der Waals surface area contributed by atoms with E-state index in [2.05, 4.69) is 0 Å². The summed E-state index contributed by atoms with van der Waals surface area (Å²) < 4.78 is 10.6. The molecule has 2 N–H and O–H groups in total. The van der Waals surface area contributed by atoms with Crippen molar-refractivity contribution in [3.05, 3.63) is 23.8 Å². The van der Waals surface area contributed by atoms with Crippen LogP contribution in [0.25, 0.3) is 0 Å². The second-order valence-electron chi connectivity index (χ2n) is 4.83. The van der Waals surface area contributed by atoms with Crippen LogP contribution in [0.1, 0.15) is 19.4 Å². The summed E-state index contributed by atoms with van der Waals surface area (Å²) in [6.45, 7) is 6.01. The first-order valence-electron chi connectivity index (χ1n) is 7.07. The summed E-state index contributed by atoms with van der Waals surface area (Å²) in [5, 5.41) is 0. The fourth-order valence-corrected chi connectivity index (χ4v) is 2.42. The minimum absolute atomic E-state index is 0.121. The van der Waals surface area contributed by atoms with Crippen molar-refractivity contribution in [3.63, 3.8) is 0 Å². The quantitative estimate of drug-likeness (QED) is 0.854. The maximum Gasteiger partial charge on any atom is 0.231 e. The summed E-state index contributed by atoms with van der Waals surface area (Å²) in [4.78, 5) is 14.2. The van der Waals surface area contributed by atoms with Gasteiger partial charge in [0.15, 0.2) is 11.5 Å². The lowest BCUT2D eigenvalue weighted by Gasteiger charge is -2.24. The number of rotatable bonds is 6. The van der Waals surface area contributed by atoms with Crippen LogP contribution < -0.4 is 15.2 Å². The molecule has 0 spiro atoms. The Balaban J connectivity index is 2.08. The van der Waals surface area contributed by atoms with Crippen LogP contribution in [0.5, 0.6) is 11.5 Å². The largest absolute Gasteiger partial charge is 0.454 e. The Hall–Kier alpha value is -1.75. The summed E-state index contributed by atoms with van der Waals surface area (Å²) in [6.07, 6.45) is 0.627. The molecule has 1 aromatic carbocycles. The molecule has 2 rings (SSSR count). The molecule has 5 nitrogen and oxygen atoms in total. The first-order valence-corrected chi connectivity index (χ1v) is 7.07. The number of hydrogen-bond donors (Lipinski definition) is 1. The molecule has 1 aliphatic rings. The van der Waals surface area contributed by atoms with E-state index < -0.39 is 0 Å². The van der Waals surface area contributed by atoms with Crippen LogP contribution in [0.15, 0.2) is 18.2 Å². The predicted molar refractivity (Wildman–Crippen MR) is 76.7 cm³/mol. The van der Waals surface area contributed by atoms with Crippen molar-refractivity contribution in [2.24, 2.45) is 11.7 Å². The molecule has 0 saturated heterocycles. The van der Waals surface area contributed by atoms with Gasteiger partial charge in [-0.05, 0) is 38.0 Å². The number of nitrogens with two attached hydrogens (primary N) is 1. The van der Waals surface area contributed by atoms with E-state index in [1.165, 1.54) is 0 Å². The summed E-state index contributed by atoms with van der Waals surface area (Å²) in [6, 6.07) is 5.78. The Morgan fingerprint density at radius 2 is 2.00 bits per heavy atom. The fraction of sp³-hybridized carbons (Fsp3) is 0.533. The molecule has 110 valence electrons. The Bertz CT molecular complexity index is 472. The zero-order valence-corrected chi connectivity index (χ0v) is 12.1. The van der Waals surface area contributed by atoms with Gasteiger partial charge in [0, 0.05) is 19.6 Å². The Labute approximate surface area is 119 Å². The van der Waals surface area contributed by atoms with E-state index in [4.69, 9.17) is 15.2 Å². The smallest absolute Gasteiger partial charge is 0.231 e. The lowest BCUT2D eigenvalue weighted by atomic mass is 9.97. The third-order valence-electron chi connectivity index (χ3n) is 3.63. The molecule has 0 fully saturated rings. The van der Waals surface area contributed by atoms with E-state index in [1.807, 2.05) is 36.9 Å². The van der Waals surface area contributed by atoms with Crippen LogP contribution in [0.4, 0.5) is 0 Å². The topological polar surface area (TPSA) is 64.8 Å². The first-order chi connectivity index (χ1) is 9.69. The van der Waals surface area contributed by atoms with Gasteiger partial charge in [0.2, 0.25) is 12.7 Å². The van der Waals surface area contributed by atoms with E-state index in [0.717, 1.165) is 17.1 Å². The highest BCUT2D eigenvalue weighted by Gasteiger charge is 2.22. The highest BCUT2D eigenvalue weighted by Crippen LogP contribution is 2.33. The molecule has 0 aromatic heterocycles. The van der Waals surface area contributed by atoms with Crippen LogP contribution >= 0.6 is 0 Å². The fourth-order valence-electron chi connectivity index (χ4n) is 2.42. The molecule has 0 aliphatic carbocycles. The van der Waals surface area contributed by atoms with Crippen molar-refractivity contribution in [2.75, 3.05) is 26.4 Å². The zero-order chi connectivity index (χ0) is 14.5. The normalized spacial score (nSPS) is 14.2. The number of ether oxygens (including phenoxy) is 2. The zero-order valence-electron chi connectivity index (χ0n) is 12.1. The summed E-state index contributed by atoms with van der Waals surface area (Å²) >= 11 is 0. The molecule has 1 aliphatic heterocycles. The minimum atomic E-state index is -0.185. The van der Waals surface area contributed by atoms with Gasteiger partial charge in [-0.3, -0.25) is 4.79 Å². The average molecular weight is 278 g/mol. The molecule has 5 heteroatoms. The lowest BCUT2D eigenvalue weighted by Crippen LogP contribution is -2.39. The Morgan fingerprint density at radius 1 is 1.30 bits per heavy atom. The SMILES string of the molecule is CCN(CC)C(=O)C(CN)Cc1ccc2c(c1)OCO2. The highest BCUT2D eigenvalue weighted by atomic mass is 16.7. The standard InChI is InChI=1S/C15H22N2O3/c1-3-17(4-2)15(18)12(9-16)7-11-5-6-13-14(8-11)20-10-19-13/h5-6,8,12H,3-4,7,9-10,16H2,1-2H3. The maximum absolute atomic E-state index is 12.4. The van der Waals surface area contributed by atoms with Crippen molar-refractivity contribution in [1.29, 1.82) is 0 Å². The molecule has 1 amide bonds. The number of benzene rings is 1. The van der Waals surface area contributed by atoms with E-state index in [0.29, 0.717) is 26.1 Å². The van der Waals surface area contributed by atoms with Crippen LogP contribution in [-0.2, 0) is 11.2 Å². The predicted octanol–water partition coefficient (Wildman–Crippen LogP) is 1.40. The number of fused-ring (bicyclic) bond motifs is 1. The molecule has 1 aromatic rings. The van der Waals surface area contributed by atoms with Crippen LogP contribution in [0.3, 0.4) is 0 Å². The summed E-state index contributed by atoms with van der Waals surface area (Å²) in [5.41, 5.74) is 6.82. The molecular formula is C15H22N2O3. The molecule has 1 unspecified atom stereocenters. The molecule has 0 saturated carbocycles. The van der Waals surface area contributed by atoms with E-state index in [-0.39, 0.29) is 18.6 Å².